The smallest absolute Gasteiger partial charge is 0.220 e. The number of carbonyl (C=O) groups is 1. The Morgan fingerprint density at radius 1 is 1.24 bits per heavy atom. The lowest BCUT2D eigenvalue weighted by Crippen LogP contribution is -2.24. The van der Waals surface area contributed by atoms with Gasteiger partial charge in [0.2, 0.25) is 5.91 Å². The predicted molar refractivity (Wildman–Crippen MR) is 65.2 cm³/mol. The van der Waals surface area contributed by atoms with E-state index in [0.29, 0.717) is 19.4 Å². The summed E-state index contributed by atoms with van der Waals surface area (Å²) in [5, 5.41) is 20.7. The fourth-order valence-corrected chi connectivity index (χ4v) is 1.48. The van der Waals surface area contributed by atoms with Gasteiger partial charge < -0.3 is 15.5 Å². The molecule has 0 aliphatic rings. The summed E-state index contributed by atoms with van der Waals surface area (Å²) in [5.41, 5.74) is 1.05. The molecule has 4 heteroatoms. The number of aliphatic hydroxyl groups excluding tert-OH is 2. The fraction of sp³-hybridized carbons (Fsp3) is 0.462. The maximum Gasteiger partial charge on any atom is 0.220 e. The lowest BCUT2D eigenvalue weighted by Gasteiger charge is -2.09. The van der Waals surface area contributed by atoms with Crippen LogP contribution in [-0.2, 0) is 11.3 Å². The van der Waals surface area contributed by atoms with E-state index in [-0.39, 0.29) is 18.9 Å². The Hall–Kier alpha value is -1.39. The Labute approximate surface area is 101 Å². The molecule has 0 radical (unpaired) electrons. The molecule has 0 spiro atoms. The Morgan fingerprint density at radius 2 is 1.94 bits per heavy atom. The molecule has 1 atom stereocenters. The van der Waals surface area contributed by atoms with Gasteiger partial charge in [-0.1, -0.05) is 30.3 Å². The van der Waals surface area contributed by atoms with Crippen LogP contribution < -0.4 is 5.32 Å². The van der Waals surface area contributed by atoms with Gasteiger partial charge in [-0.05, 0) is 18.4 Å². The number of hydrogen-bond acceptors (Lipinski definition) is 3. The molecular weight excluding hydrogens is 218 g/mol. The molecule has 1 rings (SSSR count). The van der Waals surface area contributed by atoms with Gasteiger partial charge >= 0.3 is 0 Å². The SMILES string of the molecule is O=C(CCC(O)CCO)NCc1ccccc1. The van der Waals surface area contributed by atoms with Crippen molar-refractivity contribution in [2.45, 2.75) is 31.9 Å². The standard InChI is InChI=1S/C13H19NO3/c15-9-8-12(16)6-7-13(17)14-10-11-4-2-1-3-5-11/h1-5,12,15-16H,6-10H2,(H,14,17). The second-order valence-corrected chi connectivity index (χ2v) is 3.97. The fourth-order valence-electron chi connectivity index (χ4n) is 1.48. The topological polar surface area (TPSA) is 69.6 Å². The largest absolute Gasteiger partial charge is 0.396 e. The van der Waals surface area contributed by atoms with Crippen molar-refractivity contribution in [3.8, 4) is 0 Å². The number of hydrogen-bond donors (Lipinski definition) is 3. The van der Waals surface area contributed by atoms with E-state index in [1.165, 1.54) is 0 Å². The summed E-state index contributed by atoms with van der Waals surface area (Å²) in [6.45, 7) is 0.461. The van der Waals surface area contributed by atoms with Gasteiger partial charge in [0.1, 0.15) is 0 Å². The molecular formula is C13H19NO3. The summed E-state index contributed by atoms with van der Waals surface area (Å²) in [5.74, 6) is -0.0779. The van der Waals surface area contributed by atoms with Crippen molar-refractivity contribution in [1.29, 1.82) is 0 Å². The molecule has 0 aliphatic heterocycles. The van der Waals surface area contributed by atoms with Crippen LogP contribution in [0.4, 0.5) is 0 Å². The first-order chi connectivity index (χ1) is 8.22. The van der Waals surface area contributed by atoms with Gasteiger partial charge in [-0.15, -0.1) is 0 Å². The highest BCUT2D eigenvalue weighted by molar-refractivity contribution is 5.75. The summed E-state index contributed by atoms with van der Waals surface area (Å²) in [7, 11) is 0. The van der Waals surface area contributed by atoms with Crippen molar-refractivity contribution in [2.75, 3.05) is 6.61 Å². The normalized spacial score (nSPS) is 12.1. The van der Waals surface area contributed by atoms with Crippen LogP contribution in [0.25, 0.3) is 0 Å². The van der Waals surface area contributed by atoms with Gasteiger partial charge in [0.05, 0.1) is 6.10 Å². The van der Waals surface area contributed by atoms with Crippen LogP contribution in [-0.4, -0.2) is 28.8 Å². The van der Waals surface area contributed by atoms with E-state index < -0.39 is 6.10 Å². The Balaban J connectivity index is 2.17. The second-order valence-electron chi connectivity index (χ2n) is 3.97. The lowest BCUT2D eigenvalue weighted by atomic mass is 10.1. The predicted octanol–water partition coefficient (Wildman–Crippen LogP) is 0.826. The van der Waals surface area contributed by atoms with Crippen molar-refractivity contribution in [1.82, 2.24) is 5.32 Å². The second kappa shape index (κ2) is 7.81. The van der Waals surface area contributed by atoms with Crippen molar-refractivity contribution < 1.29 is 15.0 Å². The number of nitrogens with one attached hydrogen (secondary N) is 1. The lowest BCUT2D eigenvalue weighted by molar-refractivity contribution is -0.121. The van der Waals surface area contributed by atoms with Crippen LogP contribution in [0.2, 0.25) is 0 Å². The molecule has 0 saturated heterocycles. The highest BCUT2D eigenvalue weighted by Crippen LogP contribution is 2.02. The molecule has 94 valence electrons. The molecule has 1 aromatic rings. The molecule has 0 saturated carbocycles. The van der Waals surface area contributed by atoms with E-state index in [4.69, 9.17) is 5.11 Å². The molecule has 1 amide bonds. The van der Waals surface area contributed by atoms with Gasteiger partial charge in [-0.25, -0.2) is 0 Å². The van der Waals surface area contributed by atoms with Crippen molar-refractivity contribution >= 4 is 5.91 Å². The molecule has 0 bridgehead atoms. The van der Waals surface area contributed by atoms with Crippen molar-refractivity contribution in [3.05, 3.63) is 35.9 Å². The van der Waals surface area contributed by atoms with Crippen LogP contribution in [0.3, 0.4) is 0 Å². The molecule has 1 unspecified atom stereocenters. The third kappa shape index (κ3) is 6.04. The third-order valence-corrected chi connectivity index (χ3v) is 2.50. The van der Waals surface area contributed by atoms with E-state index in [9.17, 15) is 9.90 Å². The highest BCUT2D eigenvalue weighted by atomic mass is 16.3. The molecule has 17 heavy (non-hydrogen) atoms. The minimum Gasteiger partial charge on any atom is -0.396 e. The summed E-state index contributed by atoms with van der Waals surface area (Å²) in [6.07, 6.45) is 0.406. The zero-order valence-corrected chi connectivity index (χ0v) is 9.80. The zero-order valence-electron chi connectivity index (χ0n) is 9.80. The number of rotatable bonds is 7. The Kier molecular flexibility index (Phi) is 6.29. The summed E-state index contributed by atoms with van der Waals surface area (Å²) in [4.78, 5) is 11.4. The average Bonchev–Trinajstić information content (AvgIpc) is 2.35. The van der Waals surface area contributed by atoms with E-state index in [2.05, 4.69) is 5.32 Å². The van der Waals surface area contributed by atoms with Gasteiger partial charge in [0.15, 0.2) is 0 Å². The average molecular weight is 237 g/mol. The van der Waals surface area contributed by atoms with Gasteiger partial charge in [0.25, 0.3) is 0 Å². The van der Waals surface area contributed by atoms with Gasteiger partial charge in [-0.3, -0.25) is 4.79 Å². The summed E-state index contributed by atoms with van der Waals surface area (Å²) in [6, 6.07) is 9.66. The molecule has 1 aromatic carbocycles. The number of benzene rings is 1. The zero-order chi connectivity index (χ0) is 12.5. The number of aliphatic hydroxyl groups is 2. The Morgan fingerprint density at radius 3 is 2.59 bits per heavy atom. The summed E-state index contributed by atoms with van der Waals surface area (Å²) < 4.78 is 0. The van der Waals surface area contributed by atoms with Crippen LogP contribution in [0.15, 0.2) is 30.3 Å². The molecule has 0 aliphatic carbocycles. The van der Waals surface area contributed by atoms with Gasteiger partial charge in [0, 0.05) is 19.6 Å². The Bertz CT molecular complexity index is 327. The summed E-state index contributed by atoms with van der Waals surface area (Å²) >= 11 is 0. The molecule has 3 N–H and O–H groups in total. The highest BCUT2D eigenvalue weighted by Gasteiger charge is 2.07. The first-order valence-corrected chi connectivity index (χ1v) is 5.82. The van der Waals surface area contributed by atoms with Crippen LogP contribution in [0, 0.1) is 0 Å². The monoisotopic (exact) mass is 237 g/mol. The first-order valence-electron chi connectivity index (χ1n) is 5.82. The van der Waals surface area contributed by atoms with Crippen molar-refractivity contribution in [2.24, 2.45) is 0 Å². The molecule has 0 fully saturated rings. The quantitative estimate of drug-likeness (QED) is 0.658. The maximum atomic E-state index is 11.4. The van der Waals surface area contributed by atoms with Crippen molar-refractivity contribution in [3.63, 3.8) is 0 Å². The maximum absolute atomic E-state index is 11.4. The van der Waals surface area contributed by atoms with Crippen LogP contribution in [0.5, 0.6) is 0 Å². The molecule has 4 nitrogen and oxygen atoms in total. The molecule has 0 heterocycles. The van der Waals surface area contributed by atoms with E-state index in [1.54, 1.807) is 0 Å². The first kappa shape index (κ1) is 13.7. The van der Waals surface area contributed by atoms with Crippen LogP contribution in [0.1, 0.15) is 24.8 Å². The van der Waals surface area contributed by atoms with Crippen LogP contribution >= 0.6 is 0 Å². The van der Waals surface area contributed by atoms with E-state index in [1.807, 2.05) is 30.3 Å². The minimum atomic E-state index is -0.595. The van der Waals surface area contributed by atoms with E-state index in [0.717, 1.165) is 5.56 Å². The molecule has 0 aromatic heterocycles. The third-order valence-electron chi connectivity index (χ3n) is 2.50. The van der Waals surface area contributed by atoms with E-state index >= 15 is 0 Å². The van der Waals surface area contributed by atoms with Gasteiger partial charge in [-0.2, -0.15) is 0 Å². The number of carbonyl (C=O) groups excluding carboxylic acids is 1. The minimum absolute atomic E-state index is 0.0488. The number of amides is 1.